The fourth-order valence-electron chi connectivity index (χ4n) is 2.43. The van der Waals surface area contributed by atoms with E-state index in [-0.39, 0.29) is 0 Å². The van der Waals surface area contributed by atoms with Gasteiger partial charge in [-0.15, -0.1) is 6.58 Å². The summed E-state index contributed by atoms with van der Waals surface area (Å²) in [5, 5.41) is 3.60. The van der Waals surface area contributed by atoms with Crippen molar-refractivity contribution < 1.29 is 0 Å². The maximum atomic E-state index is 3.91. The third-order valence-electron chi connectivity index (χ3n) is 3.40. The SMILES string of the molecule is C=CCC(=C(CCC)Nc1ccccc1)c1ccccc1. The van der Waals surface area contributed by atoms with E-state index in [0.29, 0.717) is 0 Å². The van der Waals surface area contributed by atoms with Crippen LogP contribution in [-0.4, -0.2) is 0 Å². The van der Waals surface area contributed by atoms with Crippen LogP contribution in [0.4, 0.5) is 5.69 Å². The number of anilines is 1. The molecule has 0 aromatic heterocycles. The van der Waals surface area contributed by atoms with Gasteiger partial charge in [0.15, 0.2) is 0 Å². The van der Waals surface area contributed by atoms with E-state index in [1.54, 1.807) is 0 Å². The molecule has 0 aliphatic rings. The van der Waals surface area contributed by atoms with E-state index in [2.05, 4.69) is 73.4 Å². The van der Waals surface area contributed by atoms with E-state index in [0.717, 1.165) is 24.9 Å². The molecule has 2 aromatic rings. The van der Waals surface area contributed by atoms with Gasteiger partial charge in [-0.25, -0.2) is 0 Å². The average molecular weight is 277 g/mol. The molecule has 0 heterocycles. The summed E-state index contributed by atoms with van der Waals surface area (Å²) in [5.41, 5.74) is 5.02. The van der Waals surface area contributed by atoms with Crippen LogP contribution in [0.3, 0.4) is 0 Å². The lowest BCUT2D eigenvalue weighted by Crippen LogP contribution is -2.03. The molecule has 0 aliphatic heterocycles. The molecule has 2 rings (SSSR count). The van der Waals surface area contributed by atoms with Crippen LogP contribution in [0.1, 0.15) is 31.7 Å². The van der Waals surface area contributed by atoms with Gasteiger partial charge in [0.1, 0.15) is 0 Å². The molecule has 0 amide bonds. The first kappa shape index (κ1) is 15.1. The Kier molecular flexibility index (Phi) is 5.83. The monoisotopic (exact) mass is 277 g/mol. The van der Waals surface area contributed by atoms with Crippen LogP contribution >= 0.6 is 0 Å². The van der Waals surface area contributed by atoms with E-state index in [1.165, 1.54) is 16.8 Å². The minimum absolute atomic E-state index is 0.874. The fraction of sp³-hybridized carbons (Fsp3) is 0.200. The van der Waals surface area contributed by atoms with Crippen molar-refractivity contribution in [2.75, 3.05) is 5.32 Å². The number of nitrogens with one attached hydrogen (secondary N) is 1. The largest absolute Gasteiger partial charge is 0.359 e. The molecule has 0 saturated carbocycles. The smallest absolute Gasteiger partial charge is 0.0381 e. The molecule has 0 spiro atoms. The number of allylic oxidation sites excluding steroid dienone is 3. The molecule has 0 fully saturated rings. The van der Waals surface area contributed by atoms with Crippen molar-refractivity contribution in [2.45, 2.75) is 26.2 Å². The van der Waals surface area contributed by atoms with Gasteiger partial charge >= 0.3 is 0 Å². The molecule has 1 heteroatoms. The second-order valence-electron chi connectivity index (χ2n) is 5.06. The minimum atomic E-state index is 0.874. The molecule has 0 aliphatic carbocycles. The van der Waals surface area contributed by atoms with Crippen LogP contribution in [0.5, 0.6) is 0 Å². The highest BCUT2D eigenvalue weighted by atomic mass is 14.9. The number of rotatable bonds is 7. The number of hydrogen-bond donors (Lipinski definition) is 1. The number of hydrogen-bond acceptors (Lipinski definition) is 1. The Balaban J connectivity index is 2.40. The van der Waals surface area contributed by atoms with E-state index in [1.807, 2.05) is 12.1 Å². The Morgan fingerprint density at radius 2 is 1.62 bits per heavy atom. The zero-order chi connectivity index (χ0) is 14.9. The second kappa shape index (κ2) is 8.11. The highest BCUT2D eigenvalue weighted by Crippen LogP contribution is 2.26. The van der Waals surface area contributed by atoms with Crippen LogP contribution < -0.4 is 5.32 Å². The number of para-hydroxylation sites is 1. The van der Waals surface area contributed by atoms with Crippen LogP contribution in [0.25, 0.3) is 5.57 Å². The summed E-state index contributed by atoms with van der Waals surface area (Å²) < 4.78 is 0. The molecular formula is C20H23N. The van der Waals surface area contributed by atoms with Crippen LogP contribution in [0.15, 0.2) is 79.0 Å². The Morgan fingerprint density at radius 3 is 2.19 bits per heavy atom. The molecule has 1 N–H and O–H groups in total. The predicted molar refractivity (Wildman–Crippen MR) is 93.1 cm³/mol. The first-order chi connectivity index (χ1) is 10.3. The maximum Gasteiger partial charge on any atom is 0.0381 e. The lowest BCUT2D eigenvalue weighted by atomic mass is 9.98. The quantitative estimate of drug-likeness (QED) is 0.622. The molecule has 0 atom stereocenters. The molecule has 21 heavy (non-hydrogen) atoms. The first-order valence-electron chi connectivity index (χ1n) is 7.55. The van der Waals surface area contributed by atoms with Gasteiger partial charge in [0.05, 0.1) is 0 Å². The van der Waals surface area contributed by atoms with E-state index < -0.39 is 0 Å². The predicted octanol–water partition coefficient (Wildman–Crippen LogP) is 5.89. The summed E-state index contributed by atoms with van der Waals surface area (Å²) >= 11 is 0. The second-order valence-corrected chi connectivity index (χ2v) is 5.06. The van der Waals surface area contributed by atoms with Gasteiger partial charge in [0.25, 0.3) is 0 Å². The van der Waals surface area contributed by atoms with Crippen molar-refractivity contribution in [2.24, 2.45) is 0 Å². The lowest BCUT2D eigenvalue weighted by molar-refractivity contribution is 0.908. The molecule has 2 aromatic carbocycles. The van der Waals surface area contributed by atoms with Gasteiger partial charge in [-0.3, -0.25) is 0 Å². The third-order valence-corrected chi connectivity index (χ3v) is 3.40. The third kappa shape index (κ3) is 4.35. The zero-order valence-electron chi connectivity index (χ0n) is 12.7. The molecule has 0 radical (unpaired) electrons. The molecule has 0 unspecified atom stereocenters. The van der Waals surface area contributed by atoms with Gasteiger partial charge in [-0.2, -0.15) is 0 Å². The summed E-state index contributed by atoms with van der Waals surface area (Å²) in [7, 11) is 0. The molecule has 1 nitrogen and oxygen atoms in total. The summed E-state index contributed by atoms with van der Waals surface area (Å²) in [5.74, 6) is 0. The summed E-state index contributed by atoms with van der Waals surface area (Å²) in [6, 6.07) is 20.9. The molecule has 0 saturated heterocycles. The molecule has 0 bridgehead atoms. The lowest BCUT2D eigenvalue weighted by Gasteiger charge is -2.17. The van der Waals surface area contributed by atoms with E-state index >= 15 is 0 Å². The first-order valence-corrected chi connectivity index (χ1v) is 7.55. The van der Waals surface area contributed by atoms with Gasteiger partial charge in [-0.05, 0) is 36.1 Å². The highest BCUT2D eigenvalue weighted by molar-refractivity contribution is 5.73. The summed E-state index contributed by atoms with van der Waals surface area (Å²) in [4.78, 5) is 0. The van der Waals surface area contributed by atoms with Crippen LogP contribution in [-0.2, 0) is 0 Å². The van der Waals surface area contributed by atoms with Crippen molar-refractivity contribution in [3.8, 4) is 0 Å². The fourth-order valence-corrected chi connectivity index (χ4v) is 2.43. The highest BCUT2D eigenvalue weighted by Gasteiger charge is 2.08. The van der Waals surface area contributed by atoms with Crippen molar-refractivity contribution in [1.29, 1.82) is 0 Å². The van der Waals surface area contributed by atoms with Crippen LogP contribution in [0, 0.1) is 0 Å². The van der Waals surface area contributed by atoms with E-state index in [9.17, 15) is 0 Å². The minimum Gasteiger partial charge on any atom is -0.359 e. The van der Waals surface area contributed by atoms with Gasteiger partial charge in [0.2, 0.25) is 0 Å². The van der Waals surface area contributed by atoms with Crippen molar-refractivity contribution in [3.05, 3.63) is 84.6 Å². The van der Waals surface area contributed by atoms with Gasteiger partial charge in [0, 0.05) is 11.4 Å². The normalized spacial score (nSPS) is 11.7. The Hall–Kier alpha value is -2.28. The average Bonchev–Trinajstić information content (AvgIpc) is 2.54. The van der Waals surface area contributed by atoms with Crippen LogP contribution in [0.2, 0.25) is 0 Å². The summed E-state index contributed by atoms with van der Waals surface area (Å²) in [6.07, 6.45) is 5.00. The standard InChI is InChI=1S/C20H23N/c1-3-11-19(17-13-7-5-8-14-17)20(12-4-2)21-18-15-9-6-10-16-18/h3,5-10,13-16,21H,1,4,11-12H2,2H3. The van der Waals surface area contributed by atoms with Crippen molar-refractivity contribution in [3.63, 3.8) is 0 Å². The van der Waals surface area contributed by atoms with E-state index in [4.69, 9.17) is 0 Å². The Bertz CT molecular complexity index is 582. The summed E-state index contributed by atoms with van der Waals surface area (Å²) in [6.45, 7) is 6.13. The Labute approximate surface area is 128 Å². The van der Waals surface area contributed by atoms with Crippen molar-refractivity contribution in [1.82, 2.24) is 0 Å². The number of benzene rings is 2. The topological polar surface area (TPSA) is 12.0 Å². The Morgan fingerprint density at radius 1 is 1.00 bits per heavy atom. The zero-order valence-corrected chi connectivity index (χ0v) is 12.7. The molecular weight excluding hydrogens is 254 g/mol. The maximum absolute atomic E-state index is 3.91. The molecule has 108 valence electrons. The van der Waals surface area contributed by atoms with Gasteiger partial charge in [-0.1, -0.05) is 68.0 Å². The van der Waals surface area contributed by atoms with Gasteiger partial charge < -0.3 is 5.32 Å². The van der Waals surface area contributed by atoms with Crippen molar-refractivity contribution >= 4 is 11.3 Å².